The fraction of sp³-hybridized carbons (Fsp3) is 0.714. The maximum absolute atomic E-state index is 6.16. The van der Waals surface area contributed by atoms with Crippen molar-refractivity contribution in [3.05, 3.63) is 23.0 Å². The predicted octanol–water partition coefficient (Wildman–Crippen LogP) is 2.56. The van der Waals surface area contributed by atoms with Gasteiger partial charge in [0, 0.05) is 24.0 Å². The molecular formula is C14H24N2O. The molecule has 1 aromatic rings. The van der Waals surface area contributed by atoms with E-state index in [4.69, 9.17) is 10.5 Å². The zero-order valence-electron chi connectivity index (χ0n) is 11.2. The number of nitrogens with two attached hydrogens (primary N) is 1. The van der Waals surface area contributed by atoms with E-state index < -0.39 is 0 Å². The Kier molecular flexibility index (Phi) is 3.89. The van der Waals surface area contributed by atoms with Gasteiger partial charge in [0.1, 0.15) is 0 Å². The van der Waals surface area contributed by atoms with E-state index in [2.05, 4.69) is 31.4 Å². The molecule has 0 bridgehead atoms. The van der Waals surface area contributed by atoms with Gasteiger partial charge in [-0.1, -0.05) is 0 Å². The van der Waals surface area contributed by atoms with Gasteiger partial charge < -0.3 is 15.0 Å². The number of aromatic nitrogens is 1. The number of hydrogen-bond donors (Lipinski definition) is 1. The number of hydrogen-bond acceptors (Lipinski definition) is 2. The Morgan fingerprint density at radius 1 is 1.53 bits per heavy atom. The van der Waals surface area contributed by atoms with Crippen LogP contribution >= 0.6 is 0 Å². The molecule has 3 nitrogen and oxygen atoms in total. The minimum atomic E-state index is 0.240. The van der Waals surface area contributed by atoms with E-state index in [1.54, 1.807) is 0 Å². The number of nitrogens with zero attached hydrogens (tertiary/aromatic N) is 1. The molecule has 1 atom stereocenters. The molecule has 1 unspecified atom stereocenters. The van der Waals surface area contributed by atoms with Crippen molar-refractivity contribution >= 4 is 0 Å². The van der Waals surface area contributed by atoms with Gasteiger partial charge in [-0.05, 0) is 51.7 Å². The van der Waals surface area contributed by atoms with E-state index in [-0.39, 0.29) is 6.04 Å². The summed E-state index contributed by atoms with van der Waals surface area (Å²) in [7, 11) is 0. The standard InChI is InChI=1S/C14H24N2O/c1-10(2)17-8-7-16-11(3)9-12-13(15)5-4-6-14(12)16/h9-10,13H,4-8,15H2,1-3H3. The Labute approximate surface area is 104 Å². The van der Waals surface area contributed by atoms with Gasteiger partial charge in [-0.3, -0.25) is 0 Å². The number of ether oxygens (including phenoxy) is 1. The number of rotatable bonds is 4. The van der Waals surface area contributed by atoms with Crippen molar-refractivity contribution in [3.8, 4) is 0 Å². The molecule has 3 heteroatoms. The summed E-state index contributed by atoms with van der Waals surface area (Å²) in [5.41, 5.74) is 10.3. The molecule has 1 aliphatic rings. The fourth-order valence-corrected chi connectivity index (χ4v) is 2.69. The molecule has 1 aliphatic carbocycles. The topological polar surface area (TPSA) is 40.2 Å². The van der Waals surface area contributed by atoms with Gasteiger partial charge in [0.25, 0.3) is 0 Å². The highest BCUT2D eigenvalue weighted by molar-refractivity contribution is 5.32. The maximum atomic E-state index is 6.16. The molecule has 0 radical (unpaired) electrons. The molecule has 2 N–H and O–H groups in total. The third-order valence-electron chi connectivity index (χ3n) is 3.54. The largest absolute Gasteiger partial charge is 0.377 e. The van der Waals surface area contributed by atoms with Gasteiger partial charge in [-0.25, -0.2) is 0 Å². The molecule has 0 fully saturated rings. The SMILES string of the molecule is Cc1cc2c(n1CCOC(C)C)CCCC2N. The summed E-state index contributed by atoms with van der Waals surface area (Å²) >= 11 is 0. The molecule has 0 aromatic carbocycles. The normalized spacial score (nSPS) is 19.7. The lowest BCUT2D eigenvalue weighted by atomic mass is 9.93. The molecule has 96 valence electrons. The molecule has 0 saturated heterocycles. The summed E-state index contributed by atoms with van der Waals surface area (Å²) in [6, 6.07) is 2.50. The van der Waals surface area contributed by atoms with Crippen LogP contribution in [-0.2, 0) is 17.7 Å². The Morgan fingerprint density at radius 3 is 3.00 bits per heavy atom. The predicted molar refractivity (Wildman–Crippen MR) is 70.1 cm³/mol. The molecular weight excluding hydrogens is 212 g/mol. The lowest BCUT2D eigenvalue weighted by molar-refractivity contribution is 0.0720. The molecule has 0 spiro atoms. The van der Waals surface area contributed by atoms with E-state index in [0.29, 0.717) is 6.10 Å². The van der Waals surface area contributed by atoms with Gasteiger partial charge in [0.15, 0.2) is 0 Å². The van der Waals surface area contributed by atoms with Crippen molar-refractivity contribution in [2.75, 3.05) is 6.61 Å². The molecule has 2 rings (SSSR count). The second kappa shape index (κ2) is 5.23. The molecule has 0 saturated carbocycles. The second-order valence-corrected chi connectivity index (χ2v) is 5.26. The van der Waals surface area contributed by atoms with Crippen LogP contribution in [0.3, 0.4) is 0 Å². The van der Waals surface area contributed by atoms with Crippen LogP contribution in [0.5, 0.6) is 0 Å². The van der Waals surface area contributed by atoms with Crippen LogP contribution in [-0.4, -0.2) is 17.3 Å². The Morgan fingerprint density at radius 2 is 2.29 bits per heavy atom. The zero-order valence-corrected chi connectivity index (χ0v) is 11.2. The van der Waals surface area contributed by atoms with Crippen molar-refractivity contribution in [1.82, 2.24) is 4.57 Å². The van der Waals surface area contributed by atoms with Crippen LogP contribution in [0.15, 0.2) is 6.07 Å². The Bertz CT molecular complexity index is 382. The quantitative estimate of drug-likeness (QED) is 0.872. The van der Waals surface area contributed by atoms with Gasteiger partial charge in [-0.15, -0.1) is 0 Å². The lowest BCUT2D eigenvalue weighted by Gasteiger charge is -2.21. The van der Waals surface area contributed by atoms with Crippen LogP contribution in [0.2, 0.25) is 0 Å². The smallest absolute Gasteiger partial charge is 0.0649 e. The minimum Gasteiger partial charge on any atom is -0.377 e. The summed E-state index contributed by atoms with van der Waals surface area (Å²) in [4.78, 5) is 0. The summed E-state index contributed by atoms with van der Waals surface area (Å²) in [6.45, 7) is 8.06. The summed E-state index contributed by atoms with van der Waals surface area (Å²) in [5.74, 6) is 0. The highest BCUT2D eigenvalue weighted by Crippen LogP contribution is 2.30. The van der Waals surface area contributed by atoms with Gasteiger partial charge in [0.05, 0.1) is 12.7 Å². The number of fused-ring (bicyclic) bond motifs is 1. The van der Waals surface area contributed by atoms with E-state index in [9.17, 15) is 0 Å². The molecule has 0 amide bonds. The van der Waals surface area contributed by atoms with Crippen molar-refractivity contribution < 1.29 is 4.74 Å². The fourth-order valence-electron chi connectivity index (χ4n) is 2.69. The average molecular weight is 236 g/mol. The first-order valence-electron chi connectivity index (χ1n) is 6.65. The van der Waals surface area contributed by atoms with Crippen molar-refractivity contribution in [2.45, 2.75) is 58.7 Å². The van der Waals surface area contributed by atoms with Crippen LogP contribution < -0.4 is 5.73 Å². The molecule has 1 aromatic heterocycles. The second-order valence-electron chi connectivity index (χ2n) is 5.26. The van der Waals surface area contributed by atoms with Crippen molar-refractivity contribution in [3.63, 3.8) is 0 Å². The van der Waals surface area contributed by atoms with Crippen molar-refractivity contribution in [1.29, 1.82) is 0 Å². The molecule has 17 heavy (non-hydrogen) atoms. The highest BCUT2D eigenvalue weighted by atomic mass is 16.5. The summed E-state index contributed by atoms with van der Waals surface area (Å²) < 4.78 is 8.02. The Balaban J connectivity index is 2.11. The van der Waals surface area contributed by atoms with E-state index >= 15 is 0 Å². The monoisotopic (exact) mass is 236 g/mol. The van der Waals surface area contributed by atoms with Gasteiger partial charge >= 0.3 is 0 Å². The maximum Gasteiger partial charge on any atom is 0.0649 e. The van der Waals surface area contributed by atoms with E-state index in [1.165, 1.54) is 29.8 Å². The molecule has 0 aliphatic heterocycles. The first kappa shape index (κ1) is 12.7. The van der Waals surface area contributed by atoms with E-state index in [1.807, 2.05) is 0 Å². The first-order chi connectivity index (χ1) is 8.09. The third-order valence-corrected chi connectivity index (χ3v) is 3.54. The first-order valence-corrected chi connectivity index (χ1v) is 6.65. The Hall–Kier alpha value is -0.800. The highest BCUT2D eigenvalue weighted by Gasteiger charge is 2.21. The van der Waals surface area contributed by atoms with Gasteiger partial charge in [0.2, 0.25) is 0 Å². The van der Waals surface area contributed by atoms with Crippen LogP contribution in [0.1, 0.15) is 49.7 Å². The van der Waals surface area contributed by atoms with Crippen LogP contribution in [0, 0.1) is 6.92 Å². The van der Waals surface area contributed by atoms with Gasteiger partial charge in [-0.2, -0.15) is 0 Å². The van der Waals surface area contributed by atoms with Crippen molar-refractivity contribution in [2.24, 2.45) is 5.73 Å². The van der Waals surface area contributed by atoms with Crippen LogP contribution in [0.4, 0.5) is 0 Å². The zero-order chi connectivity index (χ0) is 12.4. The minimum absolute atomic E-state index is 0.240. The van der Waals surface area contributed by atoms with E-state index in [0.717, 1.165) is 19.6 Å². The average Bonchev–Trinajstić information content (AvgIpc) is 2.57. The molecule has 1 heterocycles. The summed E-state index contributed by atoms with van der Waals surface area (Å²) in [5, 5.41) is 0. The number of aryl methyl sites for hydroxylation is 1. The van der Waals surface area contributed by atoms with Crippen LogP contribution in [0.25, 0.3) is 0 Å². The summed E-state index contributed by atoms with van der Waals surface area (Å²) in [6.07, 6.45) is 3.81. The third kappa shape index (κ3) is 2.72. The lowest BCUT2D eigenvalue weighted by Crippen LogP contribution is -2.19.